The monoisotopic (exact) mass is 275 g/mol. The van der Waals surface area contributed by atoms with E-state index in [4.69, 9.17) is 0 Å². The number of benzene rings is 1. The van der Waals surface area contributed by atoms with Gasteiger partial charge in [-0.15, -0.1) is 0 Å². The Morgan fingerprint density at radius 3 is 2.45 bits per heavy atom. The maximum absolute atomic E-state index is 3.66. The van der Waals surface area contributed by atoms with Crippen LogP contribution in [0.5, 0.6) is 0 Å². The lowest BCUT2D eigenvalue weighted by atomic mass is 9.97. The highest BCUT2D eigenvalue weighted by Crippen LogP contribution is 2.22. The Kier molecular flexibility index (Phi) is 9.40. The molecule has 0 amide bonds. The third-order valence-electron chi connectivity index (χ3n) is 3.94. The predicted molar refractivity (Wildman–Crippen MR) is 90.2 cm³/mol. The van der Waals surface area contributed by atoms with Crippen LogP contribution in [-0.4, -0.2) is 6.54 Å². The molecule has 20 heavy (non-hydrogen) atoms. The van der Waals surface area contributed by atoms with Gasteiger partial charge in [0, 0.05) is 6.04 Å². The van der Waals surface area contributed by atoms with Crippen molar-refractivity contribution in [2.24, 2.45) is 0 Å². The fourth-order valence-corrected chi connectivity index (χ4v) is 2.84. The molecule has 1 N–H and O–H groups in total. The number of rotatable bonds is 11. The number of aryl methyl sites for hydroxylation is 1. The first-order chi connectivity index (χ1) is 9.81. The third-order valence-corrected chi connectivity index (χ3v) is 3.94. The van der Waals surface area contributed by atoms with E-state index >= 15 is 0 Å². The molecule has 1 unspecified atom stereocenters. The van der Waals surface area contributed by atoms with E-state index in [-0.39, 0.29) is 0 Å². The molecule has 1 heteroatoms. The van der Waals surface area contributed by atoms with Crippen LogP contribution in [0.2, 0.25) is 0 Å². The summed E-state index contributed by atoms with van der Waals surface area (Å²) in [5.74, 6) is 0. The highest BCUT2D eigenvalue weighted by Gasteiger charge is 2.10. The van der Waals surface area contributed by atoms with Gasteiger partial charge in [0.1, 0.15) is 0 Å². The maximum Gasteiger partial charge on any atom is 0.0320 e. The highest BCUT2D eigenvalue weighted by molar-refractivity contribution is 5.26. The van der Waals surface area contributed by atoms with E-state index in [0.29, 0.717) is 6.04 Å². The Morgan fingerprint density at radius 1 is 0.950 bits per heavy atom. The third kappa shape index (κ3) is 6.56. The minimum atomic E-state index is 0.540. The summed E-state index contributed by atoms with van der Waals surface area (Å²) in [6.07, 6.45) is 10.5. The van der Waals surface area contributed by atoms with Gasteiger partial charge in [0.15, 0.2) is 0 Å². The Labute approximate surface area is 126 Å². The zero-order valence-electron chi connectivity index (χ0n) is 13.8. The molecule has 0 fully saturated rings. The number of hydrogen-bond acceptors (Lipinski definition) is 1. The normalized spacial score (nSPS) is 12.6. The summed E-state index contributed by atoms with van der Waals surface area (Å²) in [6.45, 7) is 7.79. The first kappa shape index (κ1) is 17.2. The molecule has 0 aliphatic heterocycles. The van der Waals surface area contributed by atoms with Crippen molar-refractivity contribution < 1.29 is 0 Å². The lowest BCUT2D eigenvalue weighted by Gasteiger charge is -2.19. The Balaban J connectivity index is 2.53. The van der Waals surface area contributed by atoms with Gasteiger partial charge in [-0.05, 0) is 30.5 Å². The second kappa shape index (κ2) is 10.9. The van der Waals surface area contributed by atoms with Crippen molar-refractivity contribution in [2.75, 3.05) is 6.54 Å². The molecular weight excluding hydrogens is 242 g/mol. The summed E-state index contributed by atoms with van der Waals surface area (Å²) in [4.78, 5) is 0. The molecule has 114 valence electrons. The molecule has 0 aliphatic carbocycles. The van der Waals surface area contributed by atoms with Crippen molar-refractivity contribution in [3.05, 3.63) is 35.4 Å². The number of hydrogen-bond donors (Lipinski definition) is 1. The molecule has 1 aromatic rings. The molecule has 0 aromatic heterocycles. The SMILES string of the molecule is CCCCCCCC(NCC)c1cccc(CCC)c1. The Bertz CT molecular complexity index is 345. The largest absolute Gasteiger partial charge is 0.310 e. The first-order valence-corrected chi connectivity index (χ1v) is 8.64. The van der Waals surface area contributed by atoms with Crippen LogP contribution >= 0.6 is 0 Å². The van der Waals surface area contributed by atoms with Gasteiger partial charge < -0.3 is 5.32 Å². The standard InChI is InChI=1S/C19H33N/c1-4-7-8-9-10-15-19(20-6-3)18-14-11-13-17(16-18)12-5-2/h11,13-14,16,19-20H,4-10,12,15H2,1-3H3. The van der Waals surface area contributed by atoms with Crippen molar-refractivity contribution in [3.63, 3.8) is 0 Å². The van der Waals surface area contributed by atoms with E-state index in [1.54, 1.807) is 0 Å². The van der Waals surface area contributed by atoms with E-state index < -0.39 is 0 Å². The molecule has 0 spiro atoms. The van der Waals surface area contributed by atoms with Crippen LogP contribution in [0.1, 0.15) is 82.9 Å². The molecule has 1 nitrogen and oxygen atoms in total. The second-order valence-electron chi connectivity index (χ2n) is 5.81. The molecule has 1 aromatic carbocycles. The van der Waals surface area contributed by atoms with Crippen LogP contribution in [0.25, 0.3) is 0 Å². The van der Waals surface area contributed by atoms with E-state index in [0.717, 1.165) is 6.54 Å². The zero-order valence-corrected chi connectivity index (χ0v) is 13.8. The minimum absolute atomic E-state index is 0.540. The van der Waals surface area contributed by atoms with Crippen molar-refractivity contribution in [1.82, 2.24) is 5.32 Å². The van der Waals surface area contributed by atoms with Crippen LogP contribution in [0.3, 0.4) is 0 Å². The van der Waals surface area contributed by atoms with Gasteiger partial charge in [-0.2, -0.15) is 0 Å². The molecule has 0 radical (unpaired) electrons. The summed E-state index contributed by atoms with van der Waals surface area (Å²) in [7, 11) is 0. The molecule has 0 heterocycles. The summed E-state index contributed by atoms with van der Waals surface area (Å²) >= 11 is 0. The molecule has 0 aliphatic rings. The second-order valence-corrected chi connectivity index (χ2v) is 5.81. The van der Waals surface area contributed by atoms with E-state index in [1.165, 1.54) is 62.5 Å². The van der Waals surface area contributed by atoms with Gasteiger partial charge in [-0.25, -0.2) is 0 Å². The van der Waals surface area contributed by atoms with Crippen LogP contribution in [0.15, 0.2) is 24.3 Å². The average molecular weight is 275 g/mol. The maximum atomic E-state index is 3.66. The summed E-state index contributed by atoms with van der Waals surface area (Å²) in [6, 6.07) is 9.72. The highest BCUT2D eigenvalue weighted by atomic mass is 14.9. The van der Waals surface area contributed by atoms with Gasteiger partial charge in [-0.1, -0.05) is 83.6 Å². The van der Waals surface area contributed by atoms with Gasteiger partial charge >= 0.3 is 0 Å². The quantitative estimate of drug-likeness (QED) is 0.514. The molecule has 0 saturated heterocycles. The summed E-state index contributed by atoms with van der Waals surface area (Å²) < 4.78 is 0. The number of unbranched alkanes of at least 4 members (excludes halogenated alkanes) is 4. The molecule has 0 bridgehead atoms. The summed E-state index contributed by atoms with van der Waals surface area (Å²) in [5, 5.41) is 3.66. The Hall–Kier alpha value is -0.820. The Morgan fingerprint density at radius 2 is 1.75 bits per heavy atom. The van der Waals surface area contributed by atoms with Gasteiger partial charge in [0.2, 0.25) is 0 Å². The van der Waals surface area contributed by atoms with Crippen molar-refractivity contribution in [1.29, 1.82) is 0 Å². The first-order valence-electron chi connectivity index (χ1n) is 8.64. The van der Waals surface area contributed by atoms with Crippen molar-refractivity contribution in [2.45, 2.75) is 78.2 Å². The predicted octanol–water partition coefficient (Wildman–Crippen LogP) is 5.65. The van der Waals surface area contributed by atoms with Gasteiger partial charge in [0.25, 0.3) is 0 Å². The molecule has 0 saturated carbocycles. The minimum Gasteiger partial charge on any atom is -0.310 e. The molecule has 1 rings (SSSR count). The molecular formula is C19H33N. The van der Waals surface area contributed by atoms with Crippen molar-refractivity contribution >= 4 is 0 Å². The zero-order chi connectivity index (χ0) is 14.6. The van der Waals surface area contributed by atoms with E-state index in [9.17, 15) is 0 Å². The van der Waals surface area contributed by atoms with Crippen LogP contribution in [-0.2, 0) is 6.42 Å². The van der Waals surface area contributed by atoms with Gasteiger partial charge in [0.05, 0.1) is 0 Å². The average Bonchev–Trinajstić information content (AvgIpc) is 2.46. The topological polar surface area (TPSA) is 12.0 Å². The van der Waals surface area contributed by atoms with Crippen molar-refractivity contribution in [3.8, 4) is 0 Å². The lowest BCUT2D eigenvalue weighted by molar-refractivity contribution is 0.478. The fourth-order valence-electron chi connectivity index (χ4n) is 2.84. The van der Waals surface area contributed by atoms with Crippen LogP contribution in [0.4, 0.5) is 0 Å². The van der Waals surface area contributed by atoms with E-state index in [1.807, 2.05) is 0 Å². The summed E-state index contributed by atoms with van der Waals surface area (Å²) in [5.41, 5.74) is 2.96. The van der Waals surface area contributed by atoms with Crippen LogP contribution in [0, 0.1) is 0 Å². The number of nitrogens with one attached hydrogen (secondary N) is 1. The smallest absolute Gasteiger partial charge is 0.0320 e. The molecule has 1 atom stereocenters. The van der Waals surface area contributed by atoms with E-state index in [2.05, 4.69) is 50.4 Å². The fraction of sp³-hybridized carbons (Fsp3) is 0.684. The van der Waals surface area contributed by atoms with Crippen LogP contribution < -0.4 is 5.32 Å². The lowest BCUT2D eigenvalue weighted by Crippen LogP contribution is -2.21. The van der Waals surface area contributed by atoms with Gasteiger partial charge in [-0.3, -0.25) is 0 Å².